The number of ether oxygens (including phenoxy) is 1. The Labute approximate surface area is 144 Å². The molecule has 24 heavy (non-hydrogen) atoms. The lowest BCUT2D eigenvalue weighted by atomic mass is 10.0. The maximum Gasteiger partial charge on any atom is 0.233 e. The van der Waals surface area contributed by atoms with Crippen LogP contribution < -0.4 is 10.1 Å². The summed E-state index contributed by atoms with van der Waals surface area (Å²) in [4.78, 5) is 13.0. The molecule has 5 heteroatoms. The van der Waals surface area contributed by atoms with Crippen LogP contribution in [0.1, 0.15) is 24.4 Å². The number of carbonyl (C=O) groups excluding carboxylic acids is 1. The summed E-state index contributed by atoms with van der Waals surface area (Å²) in [5.41, 5.74) is 1.11. The number of amides is 1. The molecule has 2 aromatic rings. The van der Waals surface area contributed by atoms with Crippen molar-refractivity contribution in [3.8, 4) is 5.75 Å². The summed E-state index contributed by atoms with van der Waals surface area (Å²) in [5, 5.41) is 3.06. The lowest BCUT2D eigenvalue weighted by molar-refractivity contribution is -0.119. The number of nitrogens with one attached hydrogen (secondary N) is 1. The van der Waals surface area contributed by atoms with Crippen LogP contribution in [0.25, 0.3) is 0 Å². The molecular formula is C19H21NO3S. The Morgan fingerprint density at radius 3 is 2.62 bits per heavy atom. The third-order valence-electron chi connectivity index (χ3n) is 4.13. The molecule has 1 saturated carbocycles. The van der Waals surface area contributed by atoms with Gasteiger partial charge in [-0.25, -0.2) is 0 Å². The fourth-order valence-electron chi connectivity index (χ4n) is 2.72. The van der Waals surface area contributed by atoms with Gasteiger partial charge in [-0.1, -0.05) is 36.4 Å². The summed E-state index contributed by atoms with van der Waals surface area (Å²) in [7, 11) is 0.181. The molecule has 0 aromatic heterocycles. The van der Waals surface area contributed by atoms with Crippen molar-refractivity contribution in [3.63, 3.8) is 0 Å². The van der Waals surface area contributed by atoms with Crippen LogP contribution in [0, 0.1) is 5.92 Å². The molecule has 0 heterocycles. The van der Waals surface area contributed by atoms with E-state index in [0.29, 0.717) is 16.6 Å². The Morgan fingerprint density at radius 1 is 1.21 bits per heavy atom. The van der Waals surface area contributed by atoms with Crippen molar-refractivity contribution in [2.24, 2.45) is 5.92 Å². The third-order valence-corrected chi connectivity index (χ3v) is 5.44. The minimum atomic E-state index is -1.38. The molecule has 0 spiro atoms. The van der Waals surface area contributed by atoms with Gasteiger partial charge in [0.15, 0.2) is 0 Å². The van der Waals surface area contributed by atoms with E-state index < -0.39 is 10.8 Å². The summed E-state index contributed by atoms with van der Waals surface area (Å²) in [6.07, 6.45) is 2.25. The second-order valence-corrected chi connectivity index (χ2v) is 7.41. The standard InChI is InChI=1S/C19H21NO3S/c1-23-16-8-5-9-17(12-16)24(22)13-18(21)20-19(15-10-11-15)14-6-3-2-4-7-14/h2-9,12,15,19H,10-11,13H2,1H3,(H,20,21). The molecule has 2 aromatic carbocycles. The van der Waals surface area contributed by atoms with Crippen molar-refractivity contribution in [1.82, 2.24) is 5.32 Å². The Kier molecular flexibility index (Phi) is 5.30. The summed E-state index contributed by atoms with van der Waals surface area (Å²) < 4.78 is 17.6. The van der Waals surface area contributed by atoms with Crippen LogP contribution in [0.4, 0.5) is 0 Å². The van der Waals surface area contributed by atoms with Crippen LogP contribution in [0.3, 0.4) is 0 Å². The highest BCUT2D eigenvalue weighted by Crippen LogP contribution is 2.40. The quantitative estimate of drug-likeness (QED) is 0.840. The van der Waals surface area contributed by atoms with Crippen molar-refractivity contribution in [3.05, 3.63) is 60.2 Å². The van der Waals surface area contributed by atoms with E-state index >= 15 is 0 Å². The molecule has 3 rings (SSSR count). The van der Waals surface area contributed by atoms with Crippen LogP contribution in [-0.4, -0.2) is 23.0 Å². The van der Waals surface area contributed by atoms with Crippen LogP contribution in [0.2, 0.25) is 0 Å². The van der Waals surface area contributed by atoms with E-state index in [4.69, 9.17) is 4.74 Å². The Bertz CT molecular complexity index is 728. The summed E-state index contributed by atoms with van der Waals surface area (Å²) in [6.45, 7) is 0. The molecule has 2 unspecified atom stereocenters. The van der Waals surface area contributed by atoms with Gasteiger partial charge in [-0.05, 0) is 42.5 Å². The summed E-state index contributed by atoms with van der Waals surface area (Å²) >= 11 is 0. The molecule has 0 bridgehead atoms. The monoisotopic (exact) mass is 343 g/mol. The number of hydrogen-bond donors (Lipinski definition) is 1. The molecule has 2 atom stereocenters. The van der Waals surface area contributed by atoms with Crippen molar-refractivity contribution in [2.75, 3.05) is 12.9 Å². The lowest BCUT2D eigenvalue weighted by Gasteiger charge is -2.18. The van der Waals surface area contributed by atoms with Crippen molar-refractivity contribution < 1.29 is 13.7 Å². The first-order valence-corrected chi connectivity index (χ1v) is 9.36. The number of benzene rings is 2. The van der Waals surface area contributed by atoms with Crippen molar-refractivity contribution >= 4 is 16.7 Å². The lowest BCUT2D eigenvalue weighted by Crippen LogP contribution is -2.33. The predicted molar refractivity (Wildman–Crippen MR) is 94.3 cm³/mol. The number of methoxy groups -OCH3 is 1. The van der Waals surface area contributed by atoms with E-state index in [1.807, 2.05) is 30.3 Å². The second-order valence-electron chi connectivity index (χ2n) is 5.96. The zero-order valence-corrected chi connectivity index (χ0v) is 14.4. The fourth-order valence-corrected chi connectivity index (χ4v) is 3.69. The first-order valence-electron chi connectivity index (χ1n) is 8.04. The average Bonchev–Trinajstić information content (AvgIpc) is 3.45. The minimum absolute atomic E-state index is 0.0148. The normalized spacial score (nSPS) is 16.2. The first-order chi connectivity index (χ1) is 11.7. The third kappa shape index (κ3) is 4.23. The van der Waals surface area contributed by atoms with Crippen LogP contribution in [0.15, 0.2) is 59.5 Å². The first kappa shape index (κ1) is 16.7. The smallest absolute Gasteiger partial charge is 0.233 e. The van der Waals surface area contributed by atoms with Gasteiger partial charge >= 0.3 is 0 Å². The van der Waals surface area contributed by atoms with Crippen LogP contribution >= 0.6 is 0 Å². The molecule has 1 aliphatic rings. The predicted octanol–water partition coefficient (Wildman–Crippen LogP) is 3.07. The zero-order chi connectivity index (χ0) is 16.9. The number of hydrogen-bond acceptors (Lipinski definition) is 3. The van der Waals surface area contributed by atoms with E-state index in [9.17, 15) is 9.00 Å². The SMILES string of the molecule is COc1cccc(S(=O)CC(=O)NC(c2ccccc2)C2CC2)c1. The van der Waals surface area contributed by atoms with E-state index in [0.717, 1.165) is 18.4 Å². The van der Waals surface area contributed by atoms with Gasteiger partial charge in [0.05, 0.1) is 24.0 Å². The van der Waals surface area contributed by atoms with Gasteiger partial charge in [0, 0.05) is 4.90 Å². The highest BCUT2D eigenvalue weighted by Gasteiger charge is 2.33. The number of carbonyl (C=O) groups is 1. The molecular weight excluding hydrogens is 322 g/mol. The zero-order valence-electron chi connectivity index (χ0n) is 13.6. The molecule has 0 radical (unpaired) electrons. The maximum atomic E-state index is 12.4. The fraction of sp³-hybridized carbons (Fsp3) is 0.316. The molecule has 1 aliphatic carbocycles. The van der Waals surface area contributed by atoms with Crippen LogP contribution in [-0.2, 0) is 15.6 Å². The van der Waals surface area contributed by atoms with E-state index in [-0.39, 0.29) is 17.7 Å². The van der Waals surface area contributed by atoms with E-state index in [2.05, 4.69) is 5.32 Å². The largest absolute Gasteiger partial charge is 0.497 e. The topological polar surface area (TPSA) is 55.4 Å². The van der Waals surface area contributed by atoms with Gasteiger partial charge in [-0.2, -0.15) is 0 Å². The van der Waals surface area contributed by atoms with Gasteiger partial charge in [0.2, 0.25) is 5.91 Å². The summed E-state index contributed by atoms with van der Waals surface area (Å²) in [6, 6.07) is 17.0. The molecule has 0 saturated heterocycles. The van der Waals surface area contributed by atoms with Gasteiger partial charge in [-0.3, -0.25) is 9.00 Å². The Morgan fingerprint density at radius 2 is 1.96 bits per heavy atom. The van der Waals surface area contributed by atoms with Gasteiger partial charge < -0.3 is 10.1 Å². The van der Waals surface area contributed by atoms with E-state index in [1.54, 1.807) is 31.4 Å². The number of rotatable bonds is 7. The average molecular weight is 343 g/mol. The minimum Gasteiger partial charge on any atom is -0.497 e. The highest BCUT2D eigenvalue weighted by molar-refractivity contribution is 7.85. The molecule has 126 valence electrons. The van der Waals surface area contributed by atoms with E-state index in [1.165, 1.54) is 0 Å². The highest BCUT2D eigenvalue weighted by atomic mass is 32.2. The maximum absolute atomic E-state index is 12.4. The molecule has 4 nitrogen and oxygen atoms in total. The van der Waals surface area contributed by atoms with Gasteiger partial charge in [0.1, 0.15) is 11.5 Å². The van der Waals surface area contributed by atoms with Gasteiger partial charge in [0.25, 0.3) is 0 Å². The van der Waals surface area contributed by atoms with Crippen molar-refractivity contribution in [2.45, 2.75) is 23.8 Å². The molecule has 1 N–H and O–H groups in total. The Balaban J connectivity index is 1.64. The Hall–Kier alpha value is -2.14. The van der Waals surface area contributed by atoms with Crippen LogP contribution in [0.5, 0.6) is 5.75 Å². The molecule has 1 amide bonds. The molecule has 0 aliphatic heterocycles. The second kappa shape index (κ2) is 7.62. The van der Waals surface area contributed by atoms with Crippen molar-refractivity contribution in [1.29, 1.82) is 0 Å². The van der Waals surface area contributed by atoms with Gasteiger partial charge in [-0.15, -0.1) is 0 Å². The molecule has 1 fully saturated rings. The summed E-state index contributed by atoms with van der Waals surface area (Å²) in [5.74, 6) is 0.906.